The molecule has 0 fully saturated rings. The van der Waals surface area contributed by atoms with Crippen LogP contribution in [0, 0.1) is 0 Å². The molecule has 0 saturated heterocycles. The number of pyridine rings is 1. The van der Waals surface area contributed by atoms with Crippen molar-refractivity contribution in [1.82, 2.24) is 10.3 Å². The highest BCUT2D eigenvalue weighted by Crippen LogP contribution is 2.36. The van der Waals surface area contributed by atoms with E-state index >= 15 is 0 Å². The van der Waals surface area contributed by atoms with Crippen LogP contribution in [0.25, 0.3) is 17.8 Å². The van der Waals surface area contributed by atoms with Crippen molar-refractivity contribution in [3.63, 3.8) is 0 Å². The van der Waals surface area contributed by atoms with E-state index < -0.39 is 23.5 Å². The third-order valence-corrected chi connectivity index (χ3v) is 4.97. The first-order valence-corrected chi connectivity index (χ1v) is 10.3. The fraction of sp³-hybridized carbons (Fsp3) is 0.280. The number of allylic oxidation sites excluding steroid dienone is 2. The lowest BCUT2D eigenvalue weighted by atomic mass is 10.0. The predicted octanol–water partition coefficient (Wildman–Crippen LogP) is 7.51. The van der Waals surface area contributed by atoms with Crippen molar-refractivity contribution in [1.29, 1.82) is 0 Å². The van der Waals surface area contributed by atoms with Crippen LogP contribution in [0.3, 0.4) is 0 Å². The number of ketones is 1. The number of alkyl halides is 6. The minimum Gasteiger partial charge on any atom is -0.359 e. The number of nitrogens with one attached hydrogen (secondary N) is 1. The van der Waals surface area contributed by atoms with Gasteiger partial charge in [-0.3, -0.25) is 9.78 Å². The molecule has 0 spiro atoms. The molecule has 0 aliphatic rings. The molecule has 1 aromatic carbocycles. The summed E-state index contributed by atoms with van der Waals surface area (Å²) in [5.41, 5.74) is -0.388. The normalized spacial score (nSPS) is 13.1. The Morgan fingerprint density at radius 3 is 2.09 bits per heavy atom. The first kappa shape index (κ1) is 26.9. The maximum atomic E-state index is 13.1. The SMILES string of the molecule is C=C(N/C(CCC)=C(\C)C(C)=O)c1ccnc(/C=C\c2cc(C(F)(F)F)cc(C(F)(F)F)c2)c1. The van der Waals surface area contributed by atoms with Crippen molar-refractivity contribution in [3.8, 4) is 0 Å². The van der Waals surface area contributed by atoms with Crippen LogP contribution < -0.4 is 5.32 Å². The van der Waals surface area contributed by atoms with Crippen LogP contribution in [0.5, 0.6) is 0 Å². The lowest BCUT2D eigenvalue weighted by Gasteiger charge is -2.15. The molecular weight excluding hydrogens is 458 g/mol. The van der Waals surface area contributed by atoms with Gasteiger partial charge in [-0.15, -0.1) is 0 Å². The monoisotopic (exact) mass is 482 g/mol. The van der Waals surface area contributed by atoms with Crippen LogP contribution in [-0.4, -0.2) is 10.8 Å². The van der Waals surface area contributed by atoms with E-state index in [1.165, 1.54) is 19.2 Å². The highest BCUT2D eigenvalue weighted by molar-refractivity contribution is 5.93. The summed E-state index contributed by atoms with van der Waals surface area (Å²) in [4.78, 5) is 15.8. The predicted molar refractivity (Wildman–Crippen MR) is 120 cm³/mol. The Morgan fingerprint density at radius 2 is 1.59 bits per heavy atom. The van der Waals surface area contributed by atoms with Crippen LogP contribution in [0.15, 0.2) is 54.4 Å². The number of halogens is 6. The molecule has 0 atom stereocenters. The van der Waals surface area contributed by atoms with Crippen molar-refractivity contribution >= 4 is 23.6 Å². The van der Waals surface area contributed by atoms with Crippen molar-refractivity contribution in [3.05, 3.63) is 82.3 Å². The Bertz CT molecular complexity index is 1090. The van der Waals surface area contributed by atoms with Crippen LogP contribution in [0.4, 0.5) is 26.3 Å². The molecule has 1 heterocycles. The quantitative estimate of drug-likeness (QED) is 0.313. The Balaban J connectivity index is 2.35. The summed E-state index contributed by atoms with van der Waals surface area (Å²) < 4.78 is 78.4. The molecular formula is C25H24F6N2O. The van der Waals surface area contributed by atoms with Gasteiger partial charge in [0.05, 0.1) is 16.8 Å². The smallest absolute Gasteiger partial charge is 0.359 e. The summed E-state index contributed by atoms with van der Waals surface area (Å²) in [7, 11) is 0. The summed E-state index contributed by atoms with van der Waals surface area (Å²) >= 11 is 0. The maximum Gasteiger partial charge on any atom is 0.416 e. The lowest BCUT2D eigenvalue weighted by Crippen LogP contribution is -2.15. The van der Waals surface area contributed by atoms with E-state index in [4.69, 9.17) is 0 Å². The third-order valence-electron chi connectivity index (χ3n) is 4.97. The molecule has 3 nitrogen and oxygen atoms in total. The molecule has 0 amide bonds. The topological polar surface area (TPSA) is 42.0 Å². The first-order valence-electron chi connectivity index (χ1n) is 10.3. The number of nitrogens with zero attached hydrogens (tertiary/aromatic N) is 1. The average molecular weight is 482 g/mol. The van der Waals surface area contributed by atoms with Crippen molar-refractivity contribution < 1.29 is 31.1 Å². The number of carbonyl (C=O) groups excluding carboxylic acids is 1. The molecule has 1 N–H and O–H groups in total. The molecule has 0 radical (unpaired) electrons. The zero-order valence-electron chi connectivity index (χ0n) is 18.9. The molecule has 0 aliphatic carbocycles. The standard InChI is InChI=1S/C25H24F6N2O/c1-5-6-23(15(2)17(4)34)33-16(3)19-9-10-32-22(13-19)8-7-18-11-20(24(26,27)28)14-21(12-18)25(29,30)31/h7-14,33H,3,5-6H2,1-2,4H3/b8-7-,23-15+. The number of benzene rings is 1. The molecule has 9 heteroatoms. The van der Waals surface area contributed by atoms with Gasteiger partial charge in [-0.2, -0.15) is 26.3 Å². The van der Waals surface area contributed by atoms with Gasteiger partial charge in [-0.25, -0.2) is 0 Å². The molecule has 0 saturated carbocycles. The van der Waals surface area contributed by atoms with E-state index in [0.29, 0.717) is 41.1 Å². The van der Waals surface area contributed by atoms with E-state index in [1.807, 2.05) is 6.92 Å². The van der Waals surface area contributed by atoms with Gasteiger partial charge in [-0.05, 0) is 62.2 Å². The molecule has 1 aromatic heterocycles. The number of carbonyl (C=O) groups is 1. The Hall–Kier alpha value is -3.36. The molecule has 0 unspecified atom stereocenters. The second kappa shape index (κ2) is 10.7. The fourth-order valence-electron chi connectivity index (χ4n) is 3.04. The molecule has 182 valence electrons. The molecule has 34 heavy (non-hydrogen) atoms. The second-order valence-electron chi connectivity index (χ2n) is 7.66. The second-order valence-corrected chi connectivity index (χ2v) is 7.66. The molecule has 0 aliphatic heterocycles. The minimum absolute atomic E-state index is 0.0797. The Labute approximate surface area is 193 Å². The maximum absolute atomic E-state index is 13.1. The number of hydrogen-bond acceptors (Lipinski definition) is 3. The Kier molecular flexibility index (Phi) is 8.47. The van der Waals surface area contributed by atoms with Gasteiger partial charge >= 0.3 is 12.4 Å². The van der Waals surface area contributed by atoms with Gasteiger partial charge in [0, 0.05) is 28.7 Å². The lowest BCUT2D eigenvalue weighted by molar-refractivity contribution is -0.143. The minimum atomic E-state index is -4.92. The van der Waals surface area contributed by atoms with Crippen molar-refractivity contribution in [2.75, 3.05) is 0 Å². The molecule has 0 bridgehead atoms. The number of rotatable bonds is 8. The Morgan fingerprint density at radius 1 is 1.00 bits per heavy atom. The van der Waals surface area contributed by atoms with Crippen LogP contribution in [0.1, 0.15) is 61.6 Å². The molecule has 2 rings (SSSR count). The summed E-state index contributed by atoms with van der Waals surface area (Å²) in [6, 6.07) is 4.59. The van der Waals surface area contributed by atoms with E-state index in [0.717, 1.165) is 18.2 Å². The van der Waals surface area contributed by atoms with Gasteiger partial charge in [-0.1, -0.05) is 26.0 Å². The highest BCUT2D eigenvalue weighted by atomic mass is 19.4. The first-order chi connectivity index (χ1) is 15.7. The summed E-state index contributed by atoms with van der Waals surface area (Å²) in [6.07, 6.45) is -4.54. The molecule has 2 aromatic rings. The van der Waals surface area contributed by atoms with E-state index in [-0.39, 0.29) is 17.4 Å². The van der Waals surface area contributed by atoms with Crippen LogP contribution in [-0.2, 0) is 17.1 Å². The van der Waals surface area contributed by atoms with Crippen molar-refractivity contribution in [2.24, 2.45) is 0 Å². The van der Waals surface area contributed by atoms with Crippen LogP contribution >= 0.6 is 0 Å². The summed E-state index contributed by atoms with van der Waals surface area (Å²) in [6.45, 7) is 9.10. The van der Waals surface area contributed by atoms with E-state index in [2.05, 4.69) is 16.9 Å². The average Bonchev–Trinajstić information content (AvgIpc) is 2.75. The van der Waals surface area contributed by atoms with Crippen LogP contribution in [0.2, 0.25) is 0 Å². The highest BCUT2D eigenvalue weighted by Gasteiger charge is 2.36. The van der Waals surface area contributed by atoms with E-state index in [1.54, 1.807) is 19.1 Å². The van der Waals surface area contributed by atoms with Gasteiger partial charge in [0.25, 0.3) is 0 Å². The summed E-state index contributed by atoms with van der Waals surface area (Å²) in [5.74, 6) is -0.0820. The largest absolute Gasteiger partial charge is 0.416 e. The number of aromatic nitrogens is 1. The van der Waals surface area contributed by atoms with Crippen molar-refractivity contribution in [2.45, 2.75) is 46.0 Å². The zero-order chi connectivity index (χ0) is 25.7. The number of Topliss-reactive ketones (excluding diaryl/α,β-unsaturated/α-hetero) is 1. The zero-order valence-corrected chi connectivity index (χ0v) is 18.9. The fourth-order valence-corrected chi connectivity index (χ4v) is 3.04. The van der Waals surface area contributed by atoms with Gasteiger partial charge < -0.3 is 5.32 Å². The third kappa shape index (κ3) is 7.33. The van der Waals surface area contributed by atoms with Gasteiger partial charge in [0.1, 0.15) is 0 Å². The van der Waals surface area contributed by atoms with Gasteiger partial charge in [0.15, 0.2) is 5.78 Å². The van der Waals surface area contributed by atoms with Gasteiger partial charge in [0.2, 0.25) is 0 Å². The number of hydrogen-bond donors (Lipinski definition) is 1. The summed E-state index contributed by atoms with van der Waals surface area (Å²) in [5, 5.41) is 3.13. The van der Waals surface area contributed by atoms with E-state index in [9.17, 15) is 31.1 Å².